The van der Waals surface area contributed by atoms with Crippen molar-refractivity contribution in [1.82, 2.24) is 0 Å². The smallest absolute Gasteiger partial charge is 0.107 e. The van der Waals surface area contributed by atoms with E-state index < -0.39 is 0 Å². The lowest BCUT2D eigenvalue weighted by atomic mass is 9.84. The Morgan fingerprint density at radius 2 is 1.82 bits per heavy atom. The van der Waals surface area contributed by atoms with E-state index in [1.165, 1.54) is 32.1 Å². The van der Waals surface area contributed by atoms with Crippen LogP contribution >= 0.6 is 0 Å². The Morgan fingerprint density at radius 3 is 2.36 bits per heavy atom. The van der Waals surface area contributed by atoms with Gasteiger partial charge >= 0.3 is 0 Å². The number of ether oxygens (including phenoxy) is 1. The van der Waals surface area contributed by atoms with Gasteiger partial charge in [0.2, 0.25) is 0 Å². The summed E-state index contributed by atoms with van der Waals surface area (Å²) in [5.74, 6) is 0.538. The highest BCUT2D eigenvalue weighted by molar-refractivity contribution is 4.85. The van der Waals surface area contributed by atoms with Gasteiger partial charge in [0.05, 0.1) is 12.7 Å². The summed E-state index contributed by atoms with van der Waals surface area (Å²) in [6.07, 6.45) is 6.41. The molecule has 0 spiro atoms. The summed E-state index contributed by atoms with van der Waals surface area (Å²) in [5, 5.41) is 9.69. The van der Waals surface area contributed by atoms with Gasteiger partial charge in [0, 0.05) is 0 Å². The summed E-state index contributed by atoms with van der Waals surface area (Å²) in [7, 11) is 0. The average molecular weight is 156 g/mol. The van der Waals surface area contributed by atoms with Crippen molar-refractivity contribution in [3.8, 4) is 0 Å². The zero-order valence-electron chi connectivity index (χ0n) is 6.83. The van der Waals surface area contributed by atoms with Crippen LogP contribution in [0.3, 0.4) is 0 Å². The fraction of sp³-hybridized carbons (Fsp3) is 1.00. The van der Waals surface area contributed by atoms with Gasteiger partial charge in [-0.25, -0.2) is 0 Å². The molecular weight excluding hydrogens is 140 g/mol. The molecule has 1 aliphatic heterocycles. The van der Waals surface area contributed by atoms with E-state index in [1.807, 2.05) is 0 Å². The predicted molar refractivity (Wildman–Crippen MR) is 42.3 cm³/mol. The van der Waals surface area contributed by atoms with Crippen LogP contribution < -0.4 is 0 Å². The maximum atomic E-state index is 9.69. The topological polar surface area (TPSA) is 32.8 Å². The zero-order chi connectivity index (χ0) is 7.68. The third kappa shape index (κ3) is 1.74. The molecule has 1 aliphatic carbocycles. The molecule has 2 atom stereocenters. The molecule has 0 aromatic carbocycles. The Kier molecular flexibility index (Phi) is 2.14. The molecule has 1 saturated carbocycles. The van der Waals surface area contributed by atoms with Gasteiger partial charge in [-0.15, -0.1) is 0 Å². The van der Waals surface area contributed by atoms with Crippen molar-refractivity contribution in [2.75, 3.05) is 6.61 Å². The van der Waals surface area contributed by atoms with Crippen molar-refractivity contribution in [2.24, 2.45) is 5.92 Å². The SMILES string of the molecule is O[C@H](C1CCCCC1)[C@@H]1CO1. The number of epoxide rings is 1. The standard InChI is InChI=1S/C9H16O2/c10-9(8-6-11-8)7-4-2-1-3-5-7/h7-10H,1-6H2/t8-,9+/m0/s1. The molecule has 0 aromatic heterocycles. The fourth-order valence-corrected chi connectivity index (χ4v) is 2.03. The van der Waals surface area contributed by atoms with E-state index in [0.29, 0.717) is 5.92 Å². The van der Waals surface area contributed by atoms with Crippen molar-refractivity contribution in [3.05, 3.63) is 0 Å². The fourth-order valence-electron chi connectivity index (χ4n) is 2.03. The lowest BCUT2D eigenvalue weighted by molar-refractivity contribution is 0.0586. The molecule has 0 aromatic rings. The lowest BCUT2D eigenvalue weighted by Gasteiger charge is -2.25. The quantitative estimate of drug-likeness (QED) is 0.612. The third-order valence-electron chi connectivity index (χ3n) is 2.87. The van der Waals surface area contributed by atoms with E-state index in [1.54, 1.807) is 0 Å². The van der Waals surface area contributed by atoms with E-state index >= 15 is 0 Å². The molecule has 2 fully saturated rings. The van der Waals surface area contributed by atoms with Crippen LogP contribution in [0.2, 0.25) is 0 Å². The number of aliphatic hydroxyl groups is 1. The zero-order valence-corrected chi connectivity index (χ0v) is 6.83. The Labute approximate surface area is 67.6 Å². The first kappa shape index (κ1) is 7.56. The second-order valence-corrected chi connectivity index (χ2v) is 3.76. The van der Waals surface area contributed by atoms with Crippen molar-refractivity contribution in [1.29, 1.82) is 0 Å². The predicted octanol–water partition coefficient (Wildman–Crippen LogP) is 1.33. The first-order valence-electron chi connectivity index (χ1n) is 4.67. The van der Waals surface area contributed by atoms with Crippen LogP contribution in [0.25, 0.3) is 0 Å². The summed E-state index contributed by atoms with van der Waals surface area (Å²) in [6, 6.07) is 0. The molecule has 0 unspecified atom stereocenters. The maximum Gasteiger partial charge on any atom is 0.107 e. The highest BCUT2D eigenvalue weighted by Crippen LogP contribution is 2.31. The Bertz CT molecular complexity index is 126. The van der Waals surface area contributed by atoms with E-state index in [0.717, 1.165) is 6.61 Å². The molecule has 64 valence electrons. The first-order chi connectivity index (χ1) is 5.38. The molecule has 1 saturated heterocycles. The summed E-state index contributed by atoms with van der Waals surface area (Å²) < 4.78 is 5.07. The number of hydrogen-bond donors (Lipinski definition) is 1. The summed E-state index contributed by atoms with van der Waals surface area (Å²) in [6.45, 7) is 0.789. The maximum absolute atomic E-state index is 9.69. The Balaban J connectivity index is 1.81. The Morgan fingerprint density at radius 1 is 1.18 bits per heavy atom. The van der Waals surface area contributed by atoms with Crippen LogP contribution in [-0.2, 0) is 4.74 Å². The van der Waals surface area contributed by atoms with Crippen LogP contribution in [0.5, 0.6) is 0 Å². The van der Waals surface area contributed by atoms with E-state index in [4.69, 9.17) is 4.74 Å². The van der Waals surface area contributed by atoms with Crippen LogP contribution in [0.1, 0.15) is 32.1 Å². The van der Waals surface area contributed by atoms with Crippen molar-refractivity contribution < 1.29 is 9.84 Å². The molecular formula is C9H16O2. The summed E-state index contributed by atoms with van der Waals surface area (Å²) >= 11 is 0. The minimum Gasteiger partial charge on any atom is -0.390 e. The van der Waals surface area contributed by atoms with Gasteiger partial charge in [-0.2, -0.15) is 0 Å². The second kappa shape index (κ2) is 3.11. The summed E-state index contributed by atoms with van der Waals surface area (Å²) in [4.78, 5) is 0. The second-order valence-electron chi connectivity index (χ2n) is 3.76. The Hall–Kier alpha value is -0.0800. The molecule has 2 heteroatoms. The average Bonchev–Trinajstić information content (AvgIpc) is 2.87. The molecule has 1 N–H and O–H groups in total. The van der Waals surface area contributed by atoms with E-state index in [9.17, 15) is 5.11 Å². The molecule has 2 nitrogen and oxygen atoms in total. The molecule has 0 amide bonds. The minimum atomic E-state index is -0.157. The van der Waals surface area contributed by atoms with E-state index in [-0.39, 0.29) is 12.2 Å². The van der Waals surface area contributed by atoms with Gasteiger partial charge in [0.15, 0.2) is 0 Å². The van der Waals surface area contributed by atoms with Crippen molar-refractivity contribution >= 4 is 0 Å². The van der Waals surface area contributed by atoms with Crippen LogP contribution in [0.15, 0.2) is 0 Å². The van der Waals surface area contributed by atoms with Gasteiger partial charge in [-0.05, 0) is 18.8 Å². The van der Waals surface area contributed by atoms with Crippen LogP contribution in [0, 0.1) is 5.92 Å². The molecule has 11 heavy (non-hydrogen) atoms. The number of aliphatic hydroxyl groups excluding tert-OH is 1. The molecule has 2 rings (SSSR count). The molecule has 0 radical (unpaired) electrons. The van der Waals surface area contributed by atoms with Gasteiger partial charge in [0.25, 0.3) is 0 Å². The van der Waals surface area contributed by atoms with Crippen molar-refractivity contribution in [2.45, 2.75) is 44.3 Å². The summed E-state index contributed by atoms with van der Waals surface area (Å²) in [5.41, 5.74) is 0. The highest BCUT2D eigenvalue weighted by atomic mass is 16.6. The van der Waals surface area contributed by atoms with Gasteiger partial charge < -0.3 is 9.84 Å². The van der Waals surface area contributed by atoms with Gasteiger partial charge in [-0.1, -0.05) is 19.3 Å². The minimum absolute atomic E-state index is 0.157. The van der Waals surface area contributed by atoms with E-state index in [2.05, 4.69) is 0 Å². The van der Waals surface area contributed by atoms with Crippen LogP contribution in [-0.4, -0.2) is 23.9 Å². The third-order valence-corrected chi connectivity index (χ3v) is 2.87. The normalized spacial score (nSPS) is 35.2. The largest absolute Gasteiger partial charge is 0.390 e. The lowest BCUT2D eigenvalue weighted by Crippen LogP contribution is -2.27. The number of rotatable bonds is 2. The monoisotopic (exact) mass is 156 g/mol. The molecule has 1 heterocycles. The highest BCUT2D eigenvalue weighted by Gasteiger charge is 2.36. The molecule has 0 bridgehead atoms. The van der Waals surface area contributed by atoms with Crippen LogP contribution in [0.4, 0.5) is 0 Å². The van der Waals surface area contributed by atoms with Gasteiger partial charge in [-0.3, -0.25) is 0 Å². The number of hydrogen-bond acceptors (Lipinski definition) is 2. The van der Waals surface area contributed by atoms with Gasteiger partial charge in [0.1, 0.15) is 6.10 Å². The van der Waals surface area contributed by atoms with Crippen molar-refractivity contribution in [3.63, 3.8) is 0 Å². The molecule has 2 aliphatic rings. The first-order valence-corrected chi connectivity index (χ1v) is 4.67.